The quantitative estimate of drug-likeness (QED) is 0.889. The summed E-state index contributed by atoms with van der Waals surface area (Å²) in [6.07, 6.45) is 2.66. The topological polar surface area (TPSA) is 24.9 Å². The van der Waals surface area contributed by atoms with Gasteiger partial charge >= 0.3 is 0 Å². The van der Waals surface area contributed by atoms with E-state index < -0.39 is 0 Å². The summed E-state index contributed by atoms with van der Waals surface area (Å²) in [6, 6.07) is 11.5. The van der Waals surface area contributed by atoms with Crippen LogP contribution in [-0.2, 0) is 6.54 Å². The van der Waals surface area contributed by atoms with Crippen LogP contribution in [-0.4, -0.2) is 11.0 Å². The maximum Gasteiger partial charge on any atom is 0.0705 e. The first-order valence-electron chi connectivity index (χ1n) is 6.80. The van der Waals surface area contributed by atoms with Gasteiger partial charge in [0, 0.05) is 23.7 Å². The van der Waals surface area contributed by atoms with Crippen molar-refractivity contribution in [3.8, 4) is 0 Å². The van der Waals surface area contributed by atoms with Gasteiger partial charge in [-0.1, -0.05) is 19.1 Å². The largest absolute Gasteiger partial charge is 0.310 e. The highest BCUT2D eigenvalue weighted by Gasteiger charge is 2.24. The van der Waals surface area contributed by atoms with Crippen molar-refractivity contribution < 1.29 is 0 Å². The number of aryl methyl sites for hydroxylation is 1. The Bertz CT molecular complexity index is 556. The van der Waals surface area contributed by atoms with Gasteiger partial charge in [0.15, 0.2) is 0 Å². The van der Waals surface area contributed by atoms with E-state index in [9.17, 15) is 0 Å². The van der Waals surface area contributed by atoms with Crippen LogP contribution >= 0.6 is 0 Å². The molecule has 1 N–H and O–H groups in total. The summed E-state index contributed by atoms with van der Waals surface area (Å²) in [5.41, 5.74) is 3.53. The molecule has 0 amide bonds. The third-order valence-electron chi connectivity index (χ3n) is 3.86. The Kier molecular flexibility index (Phi) is 3.04. The molecule has 3 rings (SSSR count). The first-order valence-corrected chi connectivity index (χ1v) is 6.80. The van der Waals surface area contributed by atoms with Crippen molar-refractivity contribution in [2.75, 3.05) is 0 Å². The maximum absolute atomic E-state index is 4.53. The van der Waals surface area contributed by atoms with E-state index in [0.717, 1.165) is 29.7 Å². The van der Waals surface area contributed by atoms with E-state index in [1.165, 1.54) is 23.8 Å². The standard InChI is InChI=1S/C16H20N2/c1-11-7-15(8-11)17-10-13-4-6-16-14(9-13)5-3-12(2)18-16/h3-6,9,11,15,17H,7-8,10H2,1-2H3. The Labute approximate surface area is 108 Å². The summed E-state index contributed by atoms with van der Waals surface area (Å²) in [5.74, 6) is 0.909. The molecule has 1 aromatic carbocycles. The molecule has 1 heterocycles. The number of pyridine rings is 1. The van der Waals surface area contributed by atoms with Crippen LogP contribution in [0.2, 0.25) is 0 Å². The monoisotopic (exact) mass is 240 g/mol. The molecule has 2 heteroatoms. The summed E-state index contributed by atoms with van der Waals surface area (Å²) in [6.45, 7) is 5.33. The summed E-state index contributed by atoms with van der Waals surface area (Å²) < 4.78 is 0. The summed E-state index contributed by atoms with van der Waals surface area (Å²) in [5, 5.41) is 4.86. The number of nitrogens with one attached hydrogen (secondary N) is 1. The number of nitrogens with zero attached hydrogens (tertiary/aromatic N) is 1. The lowest BCUT2D eigenvalue weighted by Crippen LogP contribution is -2.39. The number of rotatable bonds is 3. The Hall–Kier alpha value is -1.41. The minimum Gasteiger partial charge on any atom is -0.310 e. The van der Waals surface area contributed by atoms with Gasteiger partial charge in [0.2, 0.25) is 0 Å². The van der Waals surface area contributed by atoms with E-state index in [2.05, 4.69) is 47.6 Å². The fourth-order valence-corrected chi connectivity index (χ4v) is 2.72. The number of hydrogen-bond acceptors (Lipinski definition) is 2. The predicted octanol–water partition coefficient (Wildman–Crippen LogP) is 3.43. The van der Waals surface area contributed by atoms with E-state index in [1.54, 1.807) is 0 Å². The van der Waals surface area contributed by atoms with Crippen LogP contribution in [0.15, 0.2) is 30.3 Å². The van der Waals surface area contributed by atoms with Crippen LogP contribution in [0.25, 0.3) is 10.9 Å². The van der Waals surface area contributed by atoms with Crippen LogP contribution < -0.4 is 5.32 Å². The molecule has 0 unspecified atom stereocenters. The molecule has 1 aliphatic rings. The van der Waals surface area contributed by atoms with E-state index in [1.807, 2.05) is 6.92 Å². The van der Waals surface area contributed by atoms with Crippen LogP contribution in [0, 0.1) is 12.8 Å². The highest BCUT2D eigenvalue weighted by molar-refractivity contribution is 5.79. The zero-order valence-electron chi connectivity index (χ0n) is 11.1. The molecule has 1 aromatic heterocycles. The first kappa shape index (κ1) is 11.7. The molecule has 0 spiro atoms. The fraction of sp³-hybridized carbons (Fsp3) is 0.438. The van der Waals surface area contributed by atoms with E-state index in [0.29, 0.717) is 0 Å². The van der Waals surface area contributed by atoms with E-state index in [-0.39, 0.29) is 0 Å². The van der Waals surface area contributed by atoms with Crippen molar-refractivity contribution >= 4 is 10.9 Å². The minimum atomic E-state index is 0.729. The van der Waals surface area contributed by atoms with Gasteiger partial charge in [0.1, 0.15) is 0 Å². The zero-order chi connectivity index (χ0) is 12.5. The molecule has 1 saturated carbocycles. The van der Waals surface area contributed by atoms with Gasteiger partial charge < -0.3 is 5.32 Å². The van der Waals surface area contributed by atoms with Gasteiger partial charge in [-0.25, -0.2) is 0 Å². The van der Waals surface area contributed by atoms with Crippen LogP contribution in [0.4, 0.5) is 0 Å². The molecule has 1 aliphatic carbocycles. The van der Waals surface area contributed by atoms with Crippen molar-refractivity contribution in [3.05, 3.63) is 41.6 Å². The average molecular weight is 240 g/mol. The average Bonchev–Trinajstić information content (AvgIpc) is 2.33. The molecular formula is C16H20N2. The molecule has 2 aromatic rings. The summed E-state index contributed by atoms with van der Waals surface area (Å²) in [7, 11) is 0. The highest BCUT2D eigenvalue weighted by atomic mass is 14.9. The zero-order valence-corrected chi connectivity index (χ0v) is 11.1. The van der Waals surface area contributed by atoms with Crippen LogP contribution in [0.5, 0.6) is 0 Å². The third-order valence-corrected chi connectivity index (χ3v) is 3.86. The minimum absolute atomic E-state index is 0.729. The molecule has 0 bridgehead atoms. The highest BCUT2D eigenvalue weighted by Crippen LogP contribution is 2.26. The Balaban J connectivity index is 1.71. The normalized spacial score (nSPS) is 23.0. The third kappa shape index (κ3) is 2.39. The second kappa shape index (κ2) is 4.69. The van der Waals surface area contributed by atoms with Crippen molar-refractivity contribution in [3.63, 3.8) is 0 Å². The number of benzene rings is 1. The lowest BCUT2D eigenvalue weighted by atomic mass is 9.82. The van der Waals surface area contributed by atoms with Gasteiger partial charge in [-0.3, -0.25) is 4.98 Å². The molecule has 0 saturated heterocycles. The Morgan fingerprint density at radius 1 is 1.22 bits per heavy atom. The number of aromatic nitrogens is 1. The van der Waals surface area contributed by atoms with Gasteiger partial charge in [-0.15, -0.1) is 0 Å². The van der Waals surface area contributed by atoms with Crippen LogP contribution in [0.3, 0.4) is 0 Å². The molecule has 2 nitrogen and oxygen atoms in total. The van der Waals surface area contributed by atoms with Gasteiger partial charge in [-0.2, -0.15) is 0 Å². The number of fused-ring (bicyclic) bond motifs is 1. The molecule has 1 fully saturated rings. The molecule has 0 aliphatic heterocycles. The lowest BCUT2D eigenvalue weighted by molar-refractivity contribution is 0.240. The van der Waals surface area contributed by atoms with Crippen molar-refractivity contribution in [1.29, 1.82) is 0 Å². The number of hydrogen-bond donors (Lipinski definition) is 1. The molecule has 0 atom stereocenters. The van der Waals surface area contributed by atoms with Gasteiger partial charge in [0.25, 0.3) is 0 Å². The van der Waals surface area contributed by atoms with Gasteiger partial charge in [-0.05, 0) is 49.4 Å². The lowest BCUT2D eigenvalue weighted by Gasteiger charge is -2.33. The first-order chi connectivity index (χ1) is 8.70. The SMILES string of the molecule is Cc1ccc2cc(CNC3CC(C)C3)ccc2n1. The summed E-state index contributed by atoms with van der Waals surface area (Å²) in [4.78, 5) is 4.53. The van der Waals surface area contributed by atoms with Crippen LogP contribution in [0.1, 0.15) is 31.0 Å². The van der Waals surface area contributed by atoms with Crippen molar-refractivity contribution in [2.45, 2.75) is 39.3 Å². The molecule has 94 valence electrons. The second-order valence-corrected chi connectivity index (χ2v) is 5.63. The Morgan fingerprint density at radius 3 is 2.83 bits per heavy atom. The molecule has 0 radical (unpaired) electrons. The van der Waals surface area contributed by atoms with Gasteiger partial charge in [0.05, 0.1) is 5.52 Å². The smallest absolute Gasteiger partial charge is 0.0705 e. The van der Waals surface area contributed by atoms with Crippen molar-refractivity contribution in [2.24, 2.45) is 5.92 Å². The Morgan fingerprint density at radius 2 is 2.06 bits per heavy atom. The van der Waals surface area contributed by atoms with Crippen molar-refractivity contribution in [1.82, 2.24) is 10.3 Å². The molecule has 18 heavy (non-hydrogen) atoms. The predicted molar refractivity (Wildman–Crippen MR) is 75.5 cm³/mol. The van der Waals surface area contributed by atoms with E-state index in [4.69, 9.17) is 0 Å². The second-order valence-electron chi connectivity index (χ2n) is 5.63. The molecular weight excluding hydrogens is 220 g/mol. The van der Waals surface area contributed by atoms with E-state index >= 15 is 0 Å². The fourth-order valence-electron chi connectivity index (χ4n) is 2.72. The maximum atomic E-state index is 4.53. The summed E-state index contributed by atoms with van der Waals surface area (Å²) >= 11 is 0.